The smallest absolute Gasteiger partial charge is 0.328 e. The lowest BCUT2D eigenvalue weighted by molar-refractivity contribution is -0.141. The molecule has 0 aliphatic heterocycles. The molecule has 0 atom stereocenters. The maximum atomic E-state index is 11.2. The first-order valence-electron chi connectivity index (χ1n) is 5.26. The largest absolute Gasteiger partial charge is 0.480 e. The van der Waals surface area contributed by atoms with Crippen molar-refractivity contribution in [2.45, 2.75) is 19.4 Å². The molecule has 0 amide bonds. The van der Waals surface area contributed by atoms with Crippen LogP contribution in [0.25, 0.3) is 10.9 Å². The van der Waals surface area contributed by atoms with Crippen molar-refractivity contribution in [1.82, 2.24) is 4.37 Å². The molecule has 1 N–H and O–H groups in total. The third-order valence-corrected chi connectivity index (χ3v) is 3.99. The van der Waals surface area contributed by atoms with Crippen LogP contribution >= 0.6 is 11.5 Å². The first-order chi connectivity index (χ1) is 7.94. The van der Waals surface area contributed by atoms with Crippen LogP contribution in [0.15, 0.2) is 24.3 Å². The highest BCUT2D eigenvalue weighted by Crippen LogP contribution is 2.34. The molecule has 0 spiro atoms. The second-order valence-electron chi connectivity index (χ2n) is 4.43. The van der Waals surface area contributed by atoms with Gasteiger partial charge in [0.15, 0.2) is 0 Å². The van der Waals surface area contributed by atoms with Crippen LogP contribution in [0.2, 0.25) is 0 Å². The van der Waals surface area contributed by atoms with Crippen molar-refractivity contribution in [3.8, 4) is 0 Å². The van der Waals surface area contributed by atoms with E-state index >= 15 is 0 Å². The highest BCUT2D eigenvalue weighted by Gasteiger charge is 2.33. The summed E-state index contributed by atoms with van der Waals surface area (Å²) in [5.41, 5.74) is -0.0458. The van der Waals surface area contributed by atoms with Crippen molar-refractivity contribution in [2.75, 3.05) is 11.9 Å². The Balaban J connectivity index is 2.50. The number of aliphatic carboxylic acids is 1. The molecule has 4 nitrogen and oxygen atoms in total. The number of likely N-dealkylation sites (N-methyl/N-ethyl adjacent to an activating group) is 1. The summed E-state index contributed by atoms with van der Waals surface area (Å²) in [6.07, 6.45) is 0. The minimum Gasteiger partial charge on any atom is -0.480 e. The zero-order chi connectivity index (χ0) is 12.6. The summed E-state index contributed by atoms with van der Waals surface area (Å²) in [6, 6.07) is 7.75. The molecule has 1 aromatic carbocycles. The van der Waals surface area contributed by atoms with E-state index in [0.717, 1.165) is 15.9 Å². The standard InChI is InChI=1S/C12H14N2O2S/c1-12(2,11(15)16)14(3)10-8-6-4-5-7-9(8)13-17-10/h4-7H,1-3H3,(H,15,16). The van der Waals surface area contributed by atoms with Gasteiger partial charge in [-0.1, -0.05) is 12.1 Å². The molecule has 2 rings (SSSR count). The van der Waals surface area contributed by atoms with E-state index in [2.05, 4.69) is 4.37 Å². The predicted molar refractivity (Wildman–Crippen MR) is 69.7 cm³/mol. The van der Waals surface area contributed by atoms with Crippen molar-refractivity contribution >= 4 is 33.4 Å². The van der Waals surface area contributed by atoms with Crippen molar-refractivity contribution in [1.29, 1.82) is 0 Å². The molecule has 0 saturated carbocycles. The number of hydrogen-bond acceptors (Lipinski definition) is 4. The van der Waals surface area contributed by atoms with Crippen LogP contribution in [0.5, 0.6) is 0 Å². The second-order valence-corrected chi connectivity index (χ2v) is 5.18. The molecule has 1 heterocycles. The predicted octanol–water partition coefficient (Wildman–Crippen LogP) is 2.60. The summed E-state index contributed by atoms with van der Waals surface area (Å²) in [5, 5.41) is 11.1. The van der Waals surface area contributed by atoms with Crippen molar-refractivity contribution < 1.29 is 9.90 Å². The van der Waals surface area contributed by atoms with Crippen LogP contribution in [0.3, 0.4) is 0 Å². The number of fused-ring (bicyclic) bond motifs is 1. The SMILES string of the molecule is CN(c1snc2ccccc12)C(C)(C)C(=O)O. The van der Waals surface area contributed by atoms with Gasteiger partial charge in [0.05, 0.1) is 5.52 Å². The average molecular weight is 250 g/mol. The molecule has 90 valence electrons. The Kier molecular flexibility index (Phi) is 2.79. The number of aromatic nitrogens is 1. The van der Waals surface area contributed by atoms with Gasteiger partial charge in [-0.05, 0) is 37.5 Å². The molecule has 1 aromatic heterocycles. The van der Waals surface area contributed by atoms with Crippen molar-refractivity contribution in [3.05, 3.63) is 24.3 Å². The summed E-state index contributed by atoms with van der Waals surface area (Å²) >= 11 is 1.33. The van der Waals surface area contributed by atoms with E-state index in [-0.39, 0.29) is 0 Å². The highest BCUT2D eigenvalue weighted by atomic mass is 32.1. The van der Waals surface area contributed by atoms with E-state index < -0.39 is 11.5 Å². The Morgan fingerprint density at radius 2 is 2.06 bits per heavy atom. The molecule has 0 aliphatic rings. The summed E-state index contributed by atoms with van der Waals surface area (Å²) in [4.78, 5) is 13.0. The van der Waals surface area contributed by atoms with Gasteiger partial charge in [-0.15, -0.1) is 0 Å². The summed E-state index contributed by atoms with van der Waals surface area (Å²) in [5.74, 6) is -0.850. The molecular weight excluding hydrogens is 236 g/mol. The number of nitrogens with zero attached hydrogens (tertiary/aromatic N) is 2. The molecule has 0 fully saturated rings. The molecule has 0 unspecified atom stereocenters. The topological polar surface area (TPSA) is 53.4 Å². The third-order valence-electron chi connectivity index (χ3n) is 3.03. The molecule has 0 bridgehead atoms. The van der Waals surface area contributed by atoms with Gasteiger partial charge >= 0.3 is 5.97 Å². The van der Waals surface area contributed by atoms with E-state index in [9.17, 15) is 9.90 Å². The minimum atomic E-state index is -0.949. The Bertz CT molecular complexity index is 562. The first kappa shape index (κ1) is 11.9. The Labute approximate surface area is 104 Å². The Morgan fingerprint density at radius 3 is 2.71 bits per heavy atom. The maximum absolute atomic E-state index is 11.2. The van der Waals surface area contributed by atoms with Crippen LogP contribution in [0.1, 0.15) is 13.8 Å². The number of anilines is 1. The lowest BCUT2D eigenvalue weighted by Gasteiger charge is -2.32. The van der Waals surface area contributed by atoms with Gasteiger partial charge in [-0.25, -0.2) is 4.79 Å². The van der Waals surface area contributed by atoms with Gasteiger partial charge in [-0.3, -0.25) is 0 Å². The van der Waals surface area contributed by atoms with Crippen LogP contribution in [0, 0.1) is 0 Å². The van der Waals surface area contributed by atoms with E-state index in [0.29, 0.717) is 0 Å². The Morgan fingerprint density at radius 1 is 1.41 bits per heavy atom. The molecule has 0 saturated heterocycles. The second kappa shape index (κ2) is 4.00. The lowest BCUT2D eigenvalue weighted by Crippen LogP contribution is -2.47. The van der Waals surface area contributed by atoms with Crippen LogP contribution in [-0.4, -0.2) is 28.0 Å². The fraction of sp³-hybridized carbons (Fsp3) is 0.333. The number of rotatable bonds is 3. The van der Waals surface area contributed by atoms with Crippen molar-refractivity contribution in [2.24, 2.45) is 0 Å². The van der Waals surface area contributed by atoms with Gasteiger partial charge in [0.25, 0.3) is 0 Å². The molecular formula is C12H14N2O2S. The van der Waals surface area contributed by atoms with Crippen LogP contribution in [-0.2, 0) is 4.79 Å². The number of carboxylic acid groups (broad SMARTS) is 1. The maximum Gasteiger partial charge on any atom is 0.328 e. The van der Waals surface area contributed by atoms with E-state index in [1.807, 2.05) is 24.3 Å². The zero-order valence-corrected chi connectivity index (χ0v) is 10.8. The van der Waals surface area contributed by atoms with E-state index in [4.69, 9.17) is 0 Å². The molecule has 0 radical (unpaired) electrons. The van der Waals surface area contributed by atoms with Crippen molar-refractivity contribution in [3.63, 3.8) is 0 Å². The fourth-order valence-electron chi connectivity index (χ4n) is 1.51. The number of benzene rings is 1. The van der Waals surface area contributed by atoms with Crippen LogP contribution < -0.4 is 4.90 Å². The van der Waals surface area contributed by atoms with Gasteiger partial charge in [0, 0.05) is 12.4 Å². The van der Waals surface area contributed by atoms with E-state index in [1.54, 1.807) is 25.8 Å². The number of carbonyl (C=O) groups is 1. The van der Waals surface area contributed by atoms with Gasteiger partial charge in [0.1, 0.15) is 10.5 Å². The first-order valence-corrected chi connectivity index (χ1v) is 6.03. The zero-order valence-electron chi connectivity index (χ0n) is 9.97. The summed E-state index contributed by atoms with van der Waals surface area (Å²) in [6.45, 7) is 3.37. The minimum absolute atomic E-state index is 0.850. The monoisotopic (exact) mass is 250 g/mol. The molecule has 2 aromatic rings. The van der Waals surface area contributed by atoms with Gasteiger partial charge in [0.2, 0.25) is 0 Å². The highest BCUT2D eigenvalue weighted by molar-refractivity contribution is 7.11. The van der Waals surface area contributed by atoms with Crippen LogP contribution in [0.4, 0.5) is 5.00 Å². The van der Waals surface area contributed by atoms with E-state index in [1.165, 1.54) is 11.5 Å². The summed E-state index contributed by atoms with van der Waals surface area (Å²) < 4.78 is 4.32. The van der Waals surface area contributed by atoms with Gasteiger partial charge in [-0.2, -0.15) is 4.37 Å². The molecule has 0 aliphatic carbocycles. The average Bonchev–Trinajstić information content (AvgIpc) is 2.71. The fourth-order valence-corrected chi connectivity index (χ4v) is 2.48. The number of carboxylic acids is 1. The normalized spacial score (nSPS) is 11.7. The quantitative estimate of drug-likeness (QED) is 0.909. The third kappa shape index (κ3) is 1.86. The summed E-state index contributed by atoms with van der Waals surface area (Å²) in [7, 11) is 1.79. The number of hydrogen-bond donors (Lipinski definition) is 1. The Hall–Kier alpha value is -1.62. The van der Waals surface area contributed by atoms with Gasteiger partial charge < -0.3 is 10.0 Å². The molecule has 17 heavy (non-hydrogen) atoms. The molecule has 5 heteroatoms. The lowest BCUT2D eigenvalue weighted by atomic mass is 10.0.